The third-order valence-corrected chi connectivity index (χ3v) is 5.82. The third-order valence-electron chi connectivity index (χ3n) is 5.82. The minimum absolute atomic E-state index is 0.0422. The van der Waals surface area contributed by atoms with E-state index in [4.69, 9.17) is 4.74 Å². The first-order valence-electron chi connectivity index (χ1n) is 10.7. The molecule has 32 heavy (non-hydrogen) atoms. The Kier molecular flexibility index (Phi) is 6.49. The van der Waals surface area contributed by atoms with Crippen LogP contribution in [0.25, 0.3) is 11.1 Å². The van der Waals surface area contributed by atoms with Gasteiger partial charge in [0.2, 0.25) is 0 Å². The quantitative estimate of drug-likeness (QED) is 0.748. The molecule has 2 aliphatic rings. The Labute approximate surface area is 186 Å². The van der Waals surface area contributed by atoms with Crippen molar-refractivity contribution in [2.45, 2.75) is 31.5 Å². The number of nitrogens with zero attached hydrogens (tertiary/aromatic N) is 2. The normalized spacial score (nSPS) is 19.1. The highest BCUT2D eigenvalue weighted by molar-refractivity contribution is 5.99. The van der Waals surface area contributed by atoms with Gasteiger partial charge in [-0.2, -0.15) is 5.26 Å². The van der Waals surface area contributed by atoms with Crippen LogP contribution in [-0.2, 0) is 22.5 Å². The highest BCUT2D eigenvalue weighted by Gasteiger charge is 2.25. The number of amides is 2. The van der Waals surface area contributed by atoms with E-state index >= 15 is 0 Å². The summed E-state index contributed by atoms with van der Waals surface area (Å²) in [7, 11) is 1.75. The van der Waals surface area contributed by atoms with Gasteiger partial charge in [-0.25, -0.2) is 4.39 Å². The summed E-state index contributed by atoms with van der Waals surface area (Å²) >= 11 is 0. The topological polar surface area (TPSA) is 94.5 Å². The highest BCUT2D eigenvalue weighted by Crippen LogP contribution is 2.29. The Bertz CT molecular complexity index is 1070. The van der Waals surface area contributed by atoms with Crippen LogP contribution in [0, 0.1) is 17.1 Å². The second-order valence-corrected chi connectivity index (χ2v) is 8.15. The van der Waals surface area contributed by atoms with Gasteiger partial charge in [-0.15, -0.1) is 0 Å². The molecular formula is C24H25FN4O3. The van der Waals surface area contributed by atoms with Gasteiger partial charge in [-0.1, -0.05) is 24.3 Å². The van der Waals surface area contributed by atoms with Gasteiger partial charge < -0.3 is 20.3 Å². The van der Waals surface area contributed by atoms with Crippen molar-refractivity contribution in [3.63, 3.8) is 0 Å². The Hall–Kier alpha value is -3.28. The van der Waals surface area contributed by atoms with Crippen LogP contribution in [0.5, 0.6) is 0 Å². The van der Waals surface area contributed by atoms with E-state index in [-0.39, 0.29) is 18.2 Å². The molecule has 0 spiro atoms. The van der Waals surface area contributed by atoms with Gasteiger partial charge in [0.25, 0.3) is 11.8 Å². The monoisotopic (exact) mass is 436 g/mol. The van der Waals surface area contributed by atoms with E-state index < -0.39 is 18.0 Å². The third kappa shape index (κ3) is 4.64. The van der Waals surface area contributed by atoms with E-state index in [0.29, 0.717) is 36.4 Å². The van der Waals surface area contributed by atoms with Crippen molar-refractivity contribution >= 4 is 11.8 Å². The number of benzene rings is 2. The van der Waals surface area contributed by atoms with Crippen LogP contribution >= 0.6 is 0 Å². The van der Waals surface area contributed by atoms with Gasteiger partial charge in [0, 0.05) is 38.7 Å². The van der Waals surface area contributed by atoms with Crippen molar-refractivity contribution in [1.82, 2.24) is 15.5 Å². The number of halogens is 1. The molecule has 166 valence electrons. The van der Waals surface area contributed by atoms with Crippen molar-refractivity contribution < 1.29 is 18.7 Å². The smallest absolute Gasteiger partial charge is 0.254 e. The molecular weight excluding hydrogens is 411 g/mol. The van der Waals surface area contributed by atoms with Crippen LogP contribution in [0.4, 0.5) is 4.39 Å². The van der Waals surface area contributed by atoms with Crippen LogP contribution in [0.3, 0.4) is 0 Å². The molecule has 0 bridgehead atoms. The number of carbonyl (C=O) groups excluding carboxylic acids is 2. The van der Waals surface area contributed by atoms with Crippen LogP contribution < -0.4 is 10.6 Å². The summed E-state index contributed by atoms with van der Waals surface area (Å²) < 4.78 is 20.4. The SMILES string of the molecule is CN1Cc2ccc(-c3ccc(C[C@@H](C#N)NC(=O)C4CNCCCO4)c(F)c3)cc2C1=O. The Balaban J connectivity index is 1.46. The van der Waals surface area contributed by atoms with E-state index in [1.807, 2.05) is 18.2 Å². The first-order chi connectivity index (χ1) is 15.5. The van der Waals surface area contributed by atoms with Crippen molar-refractivity contribution in [3.05, 3.63) is 58.9 Å². The molecule has 0 aliphatic carbocycles. The zero-order valence-corrected chi connectivity index (χ0v) is 17.9. The number of nitriles is 1. The molecule has 8 heteroatoms. The second kappa shape index (κ2) is 9.47. The minimum Gasteiger partial charge on any atom is -0.367 e. The molecule has 0 radical (unpaired) electrons. The average Bonchev–Trinajstić information content (AvgIpc) is 2.97. The molecule has 2 aromatic carbocycles. The van der Waals surface area contributed by atoms with E-state index in [9.17, 15) is 19.2 Å². The molecule has 2 N–H and O–H groups in total. The number of fused-ring (bicyclic) bond motifs is 1. The number of nitrogens with one attached hydrogen (secondary N) is 2. The van der Waals surface area contributed by atoms with Gasteiger partial charge in [-0.3, -0.25) is 9.59 Å². The molecule has 2 aromatic rings. The Morgan fingerprint density at radius 2 is 2.12 bits per heavy atom. The fraction of sp³-hybridized carbons (Fsp3) is 0.375. The summed E-state index contributed by atoms with van der Waals surface area (Å²) in [5.41, 5.74) is 3.32. The van der Waals surface area contributed by atoms with Crippen LogP contribution in [0.15, 0.2) is 36.4 Å². The molecule has 1 saturated heterocycles. The van der Waals surface area contributed by atoms with Gasteiger partial charge in [-0.05, 0) is 47.4 Å². The van der Waals surface area contributed by atoms with E-state index in [1.165, 1.54) is 6.07 Å². The van der Waals surface area contributed by atoms with Crippen LogP contribution in [0.1, 0.15) is 27.9 Å². The zero-order chi connectivity index (χ0) is 22.7. The number of hydrogen-bond donors (Lipinski definition) is 2. The number of ether oxygens (including phenoxy) is 1. The van der Waals surface area contributed by atoms with E-state index in [0.717, 1.165) is 24.1 Å². The Morgan fingerprint density at radius 3 is 2.91 bits per heavy atom. The molecule has 0 aromatic heterocycles. The predicted molar refractivity (Wildman–Crippen MR) is 116 cm³/mol. The van der Waals surface area contributed by atoms with Crippen LogP contribution in [-0.4, -0.2) is 55.6 Å². The molecule has 2 heterocycles. The summed E-state index contributed by atoms with van der Waals surface area (Å²) in [5.74, 6) is -0.886. The van der Waals surface area contributed by atoms with E-state index in [1.54, 1.807) is 30.1 Å². The van der Waals surface area contributed by atoms with Crippen molar-refractivity contribution in [1.29, 1.82) is 5.26 Å². The van der Waals surface area contributed by atoms with E-state index in [2.05, 4.69) is 10.6 Å². The summed E-state index contributed by atoms with van der Waals surface area (Å²) in [6.07, 6.45) is 0.196. The lowest BCUT2D eigenvalue weighted by Gasteiger charge is -2.18. The molecule has 2 amide bonds. The summed E-state index contributed by atoms with van der Waals surface area (Å²) in [5, 5.41) is 15.2. The summed E-state index contributed by atoms with van der Waals surface area (Å²) in [6, 6.07) is 11.5. The maximum absolute atomic E-state index is 14.9. The van der Waals surface area contributed by atoms with Gasteiger partial charge in [0.05, 0.1) is 6.07 Å². The largest absolute Gasteiger partial charge is 0.367 e. The van der Waals surface area contributed by atoms with Gasteiger partial charge in [0.1, 0.15) is 18.0 Å². The molecule has 1 fully saturated rings. The summed E-state index contributed by atoms with van der Waals surface area (Å²) in [6.45, 7) is 2.21. The summed E-state index contributed by atoms with van der Waals surface area (Å²) in [4.78, 5) is 26.3. The van der Waals surface area contributed by atoms with Crippen molar-refractivity contribution in [2.75, 3.05) is 26.7 Å². The standard InChI is InChI=1S/C24H25FN4O3/c1-29-14-18-6-4-15(10-20(18)24(29)31)16-3-5-17(21(25)11-16)9-19(12-26)28-23(30)22-13-27-7-2-8-32-22/h3-6,10-11,19,22,27H,2,7-9,13-14H2,1H3,(H,28,30)/t19-,22?/m0/s1. The first kappa shape index (κ1) is 21.9. The van der Waals surface area contributed by atoms with Crippen LogP contribution in [0.2, 0.25) is 0 Å². The highest BCUT2D eigenvalue weighted by atomic mass is 19.1. The Morgan fingerprint density at radius 1 is 1.34 bits per heavy atom. The maximum atomic E-state index is 14.9. The van der Waals surface area contributed by atoms with Gasteiger partial charge in [0.15, 0.2) is 0 Å². The zero-order valence-electron chi connectivity index (χ0n) is 17.9. The lowest BCUT2D eigenvalue weighted by molar-refractivity contribution is -0.132. The predicted octanol–water partition coefficient (Wildman–Crippen LogP) is 2.01. The lowest BCUT2D eigenvalue weighted by Crippen LogP contribution is -2.46. The average molecular weight is 436 g/mol. The van der Waals surface area contributed by atoms with Gasteiger partial charge >= 0.3 is 0 Å². The lowest BCUT2D eigenvalue weighted by atomic mass is 9.97. The minimum atomic E-state index is -0.872. The molecule has 0 saturated carbocycles. The fourth-order valence-electron chi connectivity index (χ4n) is 4.02. The fourth-order valence-corrected chi connectivity index (χ4v) is 4.02. The molecule has 7 nitrogen and oxygen atoms in total. The molecule has 4 rings (SSSR count). The number of rotatable bonds is 5. The molecule has 1 unspecified atom stereocenters. The van der Waals surface area contributed by atoms with Crippen molar-refractivity contribution in [3.8, 4) is 17.2 Å². The molecule has 2 atom stereocenters. The molecule has 2 aliphatic heterocycles. The number of carbonyl (C=O) groups is 2. The second-order valence-electron chi connectivity index (χ2n) is 8.15. The number of hydrogen-bond acceptors (Lipinski definition) is 5. The van der Waals surface area contributed by atoms with Crippen molar-refractivity contribution in [2.24, 2.45) is 0 Å². The first-order valence-corrected chi connectivity index (χ1v) is 10.7. The maximum Gasteiger partial charge on any atom is 0.254 e.